The molecule has 0 aliphatic heterocycles. The fourth-order valence-corrected chi connectivity index (χ4v) is 6.08. The Morgan fingerprint density at radius 2 is 0.840 bits per heavy atom. The minimum Gasteiger partial charge on any atom is -0.464 e. The predicted octanol–water partition coefficient (Wildman–Crippen LogP) is 12.1. The molecule has 1 N–H and O–H groups in total. The quantitative estimate of drug-likeness (QED) is 0.0390. The lowest BCUT2D eigenvalue weighted by atomic mass is 10.1. The van der Waals surface area contributed by atoms with Gasteiger partial charge in [-0.25, -0.2) is 0 Å². The summed E-state index contributed by atoms with van der Waals surface area (Å²) in [5.74, 6) is -0.301. The zero-order valence-electron chi connectivity index (χ0n) is 33.8. The fourth-order valence-electron chi connectivity index (χ4n) is 6.08. The average molecular weight is 705 g/mol. The van der Waals surface area contributed by atoms with Gasteiger partial charge in [0.15, 0.2) is 0 Å². The second-order valence-corrected chi connectivity index (χ2v) is 14.8. The van der Waals surface area contributed by atoms with Gasteiger partial charge in [0.25, 0.3) is 0 Å². The maximum Gasteiger partial charge on any atom is 0.305 e. The molecule has 0 atom stereocenters. The molecule has 0 aliphatic rings. The largest absolute Gasteiger partial charge is 0.464 e. The molecular formula is C44H84N2O4. The Labute approximate surface area is 311 Å². The molecule has 0 rings (SSSR count). The van der Waals surface area contributed by atoms with Crippen LogP contribution in [0.1, 0.15) is 200 Å². The molecule has 0 saturated carbocycles. The first kappa shape index (κ1) is 48.3. The van der Waals surface area contributed by atoms with E-state index in [-0.39, 0.29) is 31.2 Å². The van der Waals surface area contributed by atoms with Gasteiger partial charge in [-0.1, -0.05) is 141 Å². The zero-order valence-corrected chi connectivity index (χ0v) is 33.8. The third kappa shape index (κ3) is 39.1. The molecule has 0 amide bonds. The van der Waals surface area contributed by atoms with E-state index in [2.05, 4.69) is 62.5 Å². The molecule has 0 saturated heterocycles. The summed E-state index contributed by atoms with van der Waals surface area (Å²) < 4.78 is 11.2. The molecule has 0 aromatic heterocycles. The molecule has 6 heteroatoms. The third-order valence-corrected chi connectivity index (χ3v) is 9.39. The van der Waals surface area contributed by atoms with Gasteiger partial charge in [0.2, 0.25) is 0 Å². The number of allylic oxidation sites excluding steroid dienone is 4. The topological polar surface area (TPSA) is 67.9 Å². The van der Waals surface area contributed by atoms with Crippen LogP contribution >= 0.6 is 0 Å². The molecule has 50 heavy (non-hydrogen) atoms. The number of ether oxygens (including phenoxy) is 2. The van der Waals surface area contributed by atoms with Crippen molar-refractivity contribution in [3.8, 4) is 0 Å². The van der Waals surface area contributed by atoms with Crippen LogP contribution in [0.15, 0.2) is 24.3 Å². The van der Waals surface area contributed by atoms with Crippen LogP contribution in [0, 0.1) is 0 Å². The van der Waals surface area contributed by atoms with Gasteiger partial charge in [-0.05, 0) is 97.8 Å². The van der Waals surface area contributed by atoms with E-state index in [0.717, 1.165) is 45.2 Å². The SMILES string of the molecule is CCCCCCCC/C=C\CCCCCCCC(=O)OCC(COC(=O)CCCCCCC/C=C\CCCCCCCC)NCCCN(C)C. The molecule has 0 fully saturated rings. The molecule has 294 valence electrons. The molecule has 0 aliphatic carbocycles. The first-order chi connectivity index (χ1) is 24.5. The Morgan fingerprint density at radius 1 is 0.500 bits per heavy atom. The van der Waals surface area contributed by atoms with Crippen molar-refractivity contribution in [3.63, 3.8) is 0 Å². The highest BCUT2D eigenvalue weighted by atomic mass is 16.5. The van der Waals surface area contributed by atoms with Gasteiger partial charge in [-0.3, -0.25) is 9.59 Å². The van der Waals surface area contributed by atoms with E-state index in [1.54, 1.807) is 0 Å². The molecule has 0 unspecified atom stereocenters. The lowest BCUT2D eigenvalue weighted by molar-refractivity contribution is -0.147. The van der Waals surface area contributed by atoms with Gasteiger partial charge in [0, 0.05) is 12.8 Å². The van der Waals surface area contributed by atoms with E-state index in [9.17, 15) is 9.59 Å². The zero-order chi connectivity index (χ0) is 36.6. The molecule has 0 aromatic carbocycles. The van der Waals surface area contributed by atoms with E-state index in [4.69, 9.17) is 9.47 Å². The molecule has 0 heterocycles. The number of rotatable bonds is 39. The second-order valence-electron chi connectivity index (χ2n) is 14.8. The average Bonchev–Trinajstić information content (AvgIpc) is 3.10. The van der Waals surface area contributed by atoms with E-state index in [1.807, 2.05) is 0 Å². The second kappa shape index (κ2) is 40.1. The van der Waals surface area contributed by atoms with Gasteiger partial charge in [-0.2, -0.15) is 0 Å². The standard InChI is InChI=1S/C44H84N2O4/c1-5-7-9-11-13-15-17-19-21-23-25-27-29-31-33-36-43(47)49-40-42(45-38-35-39-46(3)4)41-50-44(48)37-34-32-30-28-26-24-22-20-18-16-14-12-10-8-6-2/h19-22,42,45H,5-18,23-41H2,1-4H3/b21-19-,22-20-. The molecular weight excluding hydrogens is 620 g/mol. The van der Waals surface area contributed by atoms with Crippen molar-refractivity contribution >= 4 is 11.9 Å². The molecule has 0 aromatic rings. The number of carbonyl (C=O) groups is 2. The molecule has 0 spiro atoms. The summed E-state index contributed by atoms with van der Waals surface area (Å²) in [6, 6.07) is -0.173. The molecule has 6 nitrogen and oxygen atoms in total. The number of hydrogen-bond donors (Lipinski definition) is 1. The highest BCUT2D eigenvalue weighted by Gasteiger charge is 2.15. The van der Waals surface area contributed by atoms with Crippen molar-refractivity contribution in [2.24, 2.45) is 0 Å². The van der Waals surface area contributed by atoms with Crippen LogP contribution in [-0.4, -0.2) is 63.3 Å². The first-order valence-corrected chi connectivity index (χ1v) is 21.5. The number of esters is 2. The van der Waals surface area contributed by atoms with Crippen molar-refractivity contribution in [2.75, 3.05) is 40.4 Å². The van der Waals surface area contributed by atoms with Crippen LogP contribution in [-0.2, 0) is 19.1 Å². The summed E-state index contributed by atoms with van der Waals surface area (Å²) in [6.07, 6.45) is 43.6. The Hall–Kier alpha value is -1.66. The Bertz CT molecular complexity index is 726. The van der Waals surface area contributed by atoms with Gasteiger partial charge in [0.1, 0.15) is 13.2 Å². The maximum atomic E-state index is 12.4. The third-order valence-electron chi connectivity index (χ3n) is 9.39. The molecule has 0 bridgehead atoms. The van der Waals surface area contributed by atoms with Crippen LogP contribution < -0.4 is 5.32 Å². The minimum absolute atomic E-state index is 0.151. The van der Waals surface area contributed by atoms with Gasteiger partial charge >= 0.3 is 11.9 Å². The number of nitrogens with zero attached hydrogens (tertiary/aromatic N) is 1. The van der Waals surface area contributed by atoms with Crippen LogP contribution in [0.2, 0.25) is 0 Å². The predicted molar refractivity (Wildman–Crippen MR) is 216 cm³/mol. The van der Waals surface area contributed by atoms with Crippen LogP contribution in [0.3, 0.4) is 0 Å². The number of nitrogens with one attached hydrogen (secondary N) is 1. The lowest BCUT2D eigenvalue weighted by Crippen LogP contribution is -2.40. The normalized spacial score (nSPS) is 11.9. The summed E-state index contributed by atoms with van der Waals surface area (Å²) in [7, 11) is 4.12. The Balaban J connectivity index is 3.97. The fraction of sp³-hybridized carbons (Fsp3) is 0.864. The Kier molecular flexibility index (Phi) is 38.8. The minimum atomic E-state index is -0.173. The smallest absolute Gasteiger partial charge is 0.305 e. The van der Waals surface area contributed by atoms with Crippen molar-refractivity contribution in [1.29, 1.82) is 0 Å². The number of carbonyl (C=O) groups excluding carboxylic acids is 2. The van der Waals surface area contributed by atoms with E-state index in [0.29, 0.717) is 12.8 Å². The summed E-state index contributed by atoms with van der Waals surface area (Å²) >= 11 is 0. The van der Waals surface area contributed by atoms with Crippen LogP contribution in [0.25, 0.3) is 0 Å². The van der Waals surface area contributed by atoms with Crippen molar-refractivity contribution < 1.29 is 19.1 Å². The highest BCUT2D eigenvalue weighted by Crippen LogP contribution is 2.12. The lowest BCUT2D eigenvalue weighted by Gasteiger charge is -2.19. The van der Waals surface area contributed by atoms with Crippen molar-refractivity contribution in [1.82, 2.24) is 10.2 Å². The first-order valence-electron chi connectivity index (χ1n) is 21.5. The molecule has 0 radical (unpaired) electrons. The van der Waals surface area contributed by atoms with Gasteiger partial charge < -0.3 is 19.7 Å². The summed E-state index contributed by atoms with van der Waals surface area (Å²) in [6.45, 7) is 6.79. The van der Waals surface area contributed by atoms with Crippen molar-refractivity contribution in [3.05, 3.63) is 24.3 Å². The van der Waals surface area contributed by atoms with Gasteiger partial charge in [0.05, 0.1) is 6.04 Å². The van der Waals surface area contributed by atoms with Crippen molar-refractivity contribution in [2.45, 2.75) is 206 Å². The van der Waals surface area contributed by atoms with Gasteiger partial charge in [-0.15, -0.1) is 0 Å². The summed E-state index contributed by atoms with van der Waals surface area (Å²) in [5, 5.41) is 3.44. The Morgan fingerprint density at radius 3 is 1.20 bits per heavy atom. The number of hydrogen-bond acceptors (Lipinski definition) is 6. The monoisotopic (exact) mass is 705 g/mol. The van der Waals surface area contributed by atoms with E-state index >= 15 is 0 Å². The van der Waals surface area contributed by atoms with Crippen LogP contribution in [0.5, 0.6) is 0 Å². The van der Waals surface area contributed by atoms with E-state index < -0.39 is 0 Å². The highest BCUT2D eigenvalue weighted by molar-refractivity contribution is 5.69. The number of unbranched alkanes of at least 4 members (excludes halogenated alkanes) is 22. The van der Waals surface area contributed by atoms with E-state index in [1.165, 1.54) is 141 Å². The summed E-state index contributed by atoms with van der Waals surface area (Å²) in [5.41, 5.74) is 0. The summed E-state index contributed by atoms with van der Waals surface area (Å²) in [4.78, 5) is 27.0. The van der Waals surface area contributed by atoms with Crippen LogP contribution in [0.4, 0.5) is 0 Å². The maximum absolute atomic E-state index is 12.4.